The summed E-state index contributed by atoms with van der Waals surface area (Å²) in [6.07, 6.45) is 5.75. The highest BCUT2D eigenvalue weighted by atomic mass is 31.0. The minimum absolute atomic E-state index is 0.0454. The van der Waals surface area contributed by atoms with E-state index in [0.717, 1.165) is 22.4 Å². The molecule has 5 rings (SSSR count). The van der Waals surface area contributed by atoms with Crippen molar-refractivity contribution in [3.05, 3.63) is 60.7 Å². The summed E-state index contributed by atoms with van der Waals surface area (Å²) in [4.78, 5) is 23.1. The summed E-state index contributed by atoms with van der Waals surface area (Å²) in [5.41, 5.74) is 10.4. The molecule has 10 nitrogen and oxygen atoms in total. The van der Waals surface area contributed by atoms with Crippen LogP contribution in [0.2, 0.25) is 0 Å². The second-order valence-corrected chi connectivity index (χ2v) is 9.76. The number of rotatable bonds is 7. The van der Waals surface area contributed by atoms with Crippen LogP contribution in [0.25, 0.3) is 22.9 Å². The molecule has 4 heterocycles. The molecule has 11 heteroatoms. The highest BCUT2D eigenvalue weighted by Gasteiger charge is 2.39. The van der Waals surface area contributed by atoms with Gasteiger partial charge in [0.1, 0.15) is 17.6 Å². The fourth-order valence-corrected chi connectivity index (χ4v) is 5.01. The van der Waals surface area contributed by atoms with Crippen molar-refractivity contribution in [3.8, 4) is 17.2 Å². The Morgan fingerprint density at radius 2 is 2.06 bits per heavy atom. The molecule has 1 amide bonds. The first kappa shape index (κ1) is 23.8. The van der Waals surface area contributed by atoms with Crippen LogP contribution in [0, 0.1) is 0 Å². The van der Waals surface area contributed by atoms with Crippen LogP contribution < -0.4 is 21.3 Å². The standard InChI is InChI=1S/C25H30N9OP/c1-14(2)22-19(13-30-33(22)16-5-7-17(36)8-6-16)32-12-9-18(25(32)35)34-24(27-4)20(15(3)26)21(31-34)23-28-10-11-29-23/h5-8,10-11,13-14,18,27H,3,9,12,26,36H2,1-2,4H3,(H,28,29). The number of aromatic nitrogens is 6. The van der Waals surface area contributed by atoms with Gasteiger partial charge in [-0.3, -0.25) is 4.79 Å². The lowest BCUT2D eigenvalue weighted by molar-refractivity contribution is -0.120. The monoisotopic (exact) mass is 503 g/mol. The van der Waals surface area contributed by atoms with Crippen molar-refractivity contribution < 1.29 is 4.79 Å². The maximum Gasteiger partial charge on any atom is 0.252 e. The largest absolute Gasteiger partial charge is 0.399 e. The highest BCUT2D eigenvalue weighted by molar-refractivity contribution is 7.27. The zero-order chi connectivity index (χ0) is 25.6. The lowest BCUT2D eigenvalue weighted by atomic mass is 10.1. The van der Waals surface area contributed by atoms with Gasteiger partial charge in [0.15, 0.2) is 5.82 Å². The third-order valence-corrected chi connectivity index (χ3v) is 6.81. The number of H-pyrrole nitrogens is 1. The van der Waals surface area contributed by atoms with Crippen LogP contribution in [-0.4, -0.2) is 49.0 Å². The number of aromatic amines is 1. The summed E-state index contributed by atoms with van der Waals surface area (Å²) in [7, 11) is 4.47. The lowest BCUT2D eigenvalue weighted by Crippen LogP contribution is -2.30. The van der Waals surface area contributed by atoms with Crippen LogP contribution in [0.5, 0.6) is 0 Å². The molecule has 186 valence electrons. The maximum absolute atomic E-state index is 13.8. The number of anilines is 2. The normalized spacial score (nSPS) is 15.8. The van der Waals surface area contributed by atoms with E-state index in [2.05, 4.69) is 50.0 Å². The Morgan fingerprint density at radius 1 is 1.31 bits per heavy atom. The molecule has 4 N–H and O–H groups in total. The van der Waals surface area contributed by atoms with Crippen molar-refractivity contribution in [2.24, 2.45) is 5.73 Å². The number of nitrogens with two attached hydrogens (primary N) is 1. The summed E-state index contributed by atoms with van der Waals surface area (Å²) in [6.45, 7) is 8.71. The maximum atomic E-state index is 13.8. The topological polar surface area (TPSA) is 123 Å². The molecule has 1 aromatic carbocycles. The predicted octanol–water partition coefficient (Wildman–Crippen LogP) is 3.03. The molecular formula is C25H30N9OP. The van der Waals surface area contributed by atoms with Crippen LogP contribution in [0.15, 0.2) is 49.4 Å². The molecule has 0 spiro atoms. The molecule has 36 heavy (non-hydrogen) atoms. The summed E-state index contributed by atoms with van der Waals surface area (Å²) >= 11 is 0. The number of hydrogen-bond acceptors (Lipinski definition) is 6. The number of nitrogens with one attached hydrogen (secondary N) is 2. The van der Waals surface area contributed by atoms with Gasteiger partial charge in [-0.15, -0.1) is 9.24 Å². The predicted molar refractivity (Wildman–Crippen MR) is 146 cm³/mol. The minimum Gasteiger partial charge on any atom is -0.399 e. The number of carbonyl (C=O) groups excluding carboxylic acids is 1. The second kappa shape index (κ2) is 9.28. The second-order valence-electron chi connectivity index (χ2n) is 9.10. The zero-order valence-electron chi connectivity index (χ0n) is 20.6. The number of nitrogens with zero attached hydrogens (tertiary/aromatic N) is 6. The van der Waals surface area contributed by atoms with E-state index >= 15 is 0 Å². The summed E-state index contributed by atoms with van der Waals surface area (Å²) in [5, 5.41) is 13.7. The number of benzene rings is 1. The molecule has 0 radical (unpaired) electrons. The van der Waals surface area contributed by atoms with Gasteiger partial charge in [-0.05, 0) is 29.8 Å². The molecule has 0 aliphatic carbocycles. The number of imidazole rings is 1. The van der Waals surface area contributed by atoms with Gasteiger partial charge in [0.2, 0.25) is 0 Å². The Hall–Kier alpha value is -3.91. The summed E-state index contributed by atoms with van der Waals surface area (Å²) < 4.78 is 3.63. The molecule has 3 aromatic heterocycles. The Balaban J connectivity index is 1.54. The first-order valence-corrected chi connectivity index (χ1v) is 12.4. The van der Waals surface area contributed by atoms with Gasteiger partial charge < -0.3 is 20.9 Å². The number of hydrogen-bond donors (Lipinski definition) is 3. The van der Waals surface area contributed by atoms with E-state index < -0.39 is 6.04 Å². The fourth-order valence-electron chi connectivity index (χ4n) is 4.81. The average Bonchev–Trinajstić information content (AvgIpc) is 3.63. The molecule has 0 saturated carbocycles. The average molecular weight is 504 g/mol. The molecule has 1 saturated heterocycles. The van der Waals surface area contributed by atoms with E-state index in [-0.39, 0.29) is 11.8 Å². The zero-order valence-corrected chi connectivity index (χ0v) is 21.7. The molecule has 1 aliphatic heterocycles. The van der Waals surface area contributed by atoms with Gasteiger partial charge in [0.25, 0.3) is 5.91 Å². The van der Waals surface area contributed by atoms with Gasteiger partial charge in [0.05, 0.1) is 28.8 Å². The van der Waals surface area contributed by atoms with Crippen molar-refractivity contribution in [3.63, 3.8) is 0 Å². The molecule has 1 fully saturated rings. The van der Waals surface area contributed by atoms with Crippen molar-refractivity contribution in [2.45, 2.75) is 32.2 Å². The highest BCUT2D eigenvalue weighted by Crippen LogP contribution is 2.38. The number of amides is 1. The quantitative estimate of drug-likeness (QED) is 0.333. The van der Waals surface area contributed by atoms with Crippen LogP contribution >= 0.6 is 9.24 Å². The lowest BCUT2D eigenvalue weighted by Gasteiger charge is -2.20. The van der Waals surface area contributed by atoms with Crippen molar-refractivity contribution in [1.82, 2.24) is 29.5 Å². The van der Waals surface area contributed by atoms with Crippen LogP contribution in [0.1, 0.15) is 43.5 Å². The van der Waals surface area contributed by atoms with Crippen molar-refractivity contribution in [2.75, 3.05) is 23.8 Å². The molecule has 4 aromatic rings. The van der Waals surface area contributed by atoms with Gasteiger partial charge in [-0.25, -0.2) is 14.3 Å². The smallest absolute Gasteiger partial charge is 0.252 e. The third kappa shape index (κ3) is 3.87. The van der Waals surface area contributed by atoms with Crippen LogP contribution in [-0.2, 0) is 4.79 Å². The van der Waals surface area contributed by atoms with Gasteiger partial charge in [-0.2, -0.15) is 10.2 Å². The Kier molecular flexibility index (Phi) is 6.14. The number of carbonyl (C=O) groups is 1. The third-order valence-electron chi connectivity index (χ3n) is 6.42. The molecular weight excluding hydrogens is 473 g/mol. The minimum atomic E-state index is -0.506. The van der Waals surface area contributed by atoms with Gasteiger partial charge in [-0.1, -0.05) is 32.6 Å². The van der Waals surface area contributed by atoms with Crippen molar-refractivity contribution in [1.29, 1.82) is 0 Å². The first-order chi connectivity index (χ1) is 17.3. The summed E-state index contributed by atoms with van der Waals surface area (Å²) in [5.74, 6) is 1.30. The molecule has 0 bridgehead atoms. The van der Waals surface area contributed by atoms with E-state index in [4.69, 9.17) is 10.8 Å². The SMILES string of the molecule is C=C(N)c1c(-c2ncc[nH]2)nn(C2CCN(c3cnn(-c4ccc(P)cc4)c3C(C)C)C2=O)c1NC. The van der Waals surface area contributed by atoms with E-state index in [1.807, 2.05) is 33.8 Å². The van der Waals surface area contributed by atoms with E-state index in [1.54, 1.807) is 30.3 Å². The van der Waals surface area contributed by atoms with Crippen molar-refractivity contribution >= 4 is 37.7 Å². The van der Waals surface area contributed by atoms with Gasteiger partial charge >= 0.3 is 0 Å². The molecule has 2 atom stereocenters. The first-order valence-electron chi connectivity index (χ1n) is 11.8. The van der Waals surface area contributed by atoms with E-state index in [0.29, 0.717) is 41.6 Å². The Morgan fingerprint density at radius 3 is 2.67 bits per heavy atom. The fraction of sp³-hybridized carbons (Fsp3) is 0.280. The van der Waals surface area contributed by atoms with E-state index in [9.17, 15) is 4.79 Å². The van der Waals surface area contributed by atoms with E-state index in [1.165, 1.54) is 0 Å². The van der Waals surface area contributed by atoms with Crippen LogP contribution in [0.3, 0.4) is 0 Å². The Labute approximate surface area is 211 Å². The van der Waals surface area contributed by atoms with Crippen LogP contribution in [0.4, 0.5) is 11.5 Å². The molecule has 1 aliphatic rings. The molecule has 2 unspecified atom stereocenters. The van der Waals surface area contributed by atoms with Gasteiger partial charge in [0, 0.05) is 31.7 Å². The Bertz CT molecular complexity index is 1420. The summed E-state index contributed by atoms with van der Waals surface area (Å²) in [6, 6.07) is 7.60.